The third kappa shape index (κ3) is 7.24. The fourth-order valence-electron chi connectivity index (χ4n) is 4.65. The van der Waals surface area contributed by atoms with Crippen LogP contribution in [-0.4, -0.2) is 52.7 Å². The molecule has 2 unspecified atom stereocenters. The third-order valence-corrected chi connectivity index (χ3v) is 7.27. The number of fused-ring (bicyclic) bond motifs is 1. The van der Waals surface area contributed by atoms with Crippen molar-refractivity contribution >= 4 is 35.6 Å². The normalized spacial score (nSPS) is 15.5. The first-order chi connectivity index (χ1) is 19.0. The molecule has 0 fully saturated rings. The highest BCUT2D eigenvalue weighted by Gasteiger charge is 2.33. The van der Waals surface area contributed by atoms with Gasteiger partial charge in [-0.1, -0.05) is 29.3 Å². The molecular formula is C30H32Cl2N2O6. The average Bonchev–Trinajstić information content (AvgIpc) is 2.91. The number of amides is 1. The van der Waals surface area contributed by atoms with Crippen LogP contribution in [0.1, 0.15) is 60.3 Å². The Kier molecular flexibility index (Phi) is 9.23. The van der Waals surface area contributed by atoms with E-state index in [-0.39, 0.29) is 22.8 Å². The van der Waals surface area contributed by atoms with E-state index >= 15 is 0 Å². The number of methoxy groups -OCH3 is 1. The van der Waals surface area contributed by atoms with Crippen LogP contribution in [0.3, 0.4) is 0 Å². The first-order valence-electron chi connectivity index (χ1n) is 12.9. The Morgan fingerprint density at radius 3 is 2.55 bits per heavy atom. The van der Waals surface area contributed by atoms with Gasteiger partial charge in [0.2, 0.25) is 0 Å². The molecule has 40 heavy (non-hydrogen) atoms. The number of aromatic nitrogens is 1. The van der Waals surface area contributed by atoms with Crippen LogP contribution in [0.2, 0.25) is 10.2 Å². The van der Waals surface area contributed by atoms with Crippen LogP contribution < -0.4 is 9.47 Å². The summed E-state index contributed by atoms with van der Waals surface area (Å²) in [6.07, 6.45) is 2.58. The number of pyridine rings is 1. The minimum atomic E-state index is -1.05. The molecule has 0 saturated carbocycles. The average molecular weight is 588 g/mol. The van der Waals surface area contributed by atoms with Gasteiger partial charge in [-0.2, -0.15) is 0 Å². The van der Waals surface area contributed by atoms with Crippen LogP contribution in [0.25, 0.3) is 0 Å². The van der Waals surface area contributed by atoms with Crippen LogP contribution in [0, 0.1) is 0 Å². The van der Waals surface area contributed by atoms with Crippen molar-refractivity contribution in [2.75, 3.05) is 13.7 Å². The van der Waals surface area contributed by atoms with Gasteiger partial charge in [0.25, 0.3) is 0 Å². The van der Waals surface area contributed by atoms with E-state index in [9.17, 15) is 14.7 Å². The Bertz CT molecular complexity index is 1390. The van der Waals surface area contributed by atoms with Crippen LogP contribution in [0.15, 0.2) is 48.7 Å². The molecule has 1 aliphatic rings. The Hall–Kier alpha value is -3.33. The smallest absolute Gasteiger partial charge is 0.410 e. The molecule has 0 spiro atoms. The highest BCUT2D eigenvalue weighted by Crippen LogP contribution is 2.33. The topological polar surface area (TPSA) is 98.2 Å². The number of nitrogens with zero attached hydrogens (tertiary/aromatic N) is 2. The van der Waals surface area contributed by atoms with Gasteiger partial charge in [-0.3, -0.25) is 4.79 Å². The summed E-state index contributed by atoms with van der Waals surface area (Å²) < 4.78 is 17.0. The molecule has 10 heteroatoms. The number of halogens is 2. The highest BCUT2D eigenvalue weighted by molar-refractivity contribution is 6.41. The maximum absolute atomic E-state index is 13.3. The van der Waals surface area contributed by atoms with Gasteiger partial charge in [0, 0.05) is 17.8 Å². The Morgan fingerprint density at radius 2 is 1.88 bits per heavy atom. The van der Waals surface area contributed by atoms with Crippen LogP contribution in [0.5, 0.6) is 17.2 Å². The van der Waals surface area contributed by atoms with Crippen LogP contribution >= 0.6 is 23.2 Å². The summed E-state index contributed by atoms with van der Waals surface area (Å²) in [7, 11) is 1.50. The van der Waals surface area contributed by atoms with E-state index < -0.39 is 17.8 Å². The summed E-state index contributed by atoms with van der Waals surface area (Å²) in [6.45, 7) is 5.40. The zero-order valence-corrected chi connectivity index (χ0v) is 24.3. The van der Waals surface area contributed by atoms with E-state index in [1.165, 1.54) is 13.3 Å². The van der Waals surface area contributed by atoms with Gasteiger partial charge in [-0.05, 0) is 87.6 Å². The fourth-order valence-corrected chi connectivity index (χ4v) is 4.93. The van der Waals surface area contributed by atoms with E-state index in [0.29, 0.717) is 41.2 Å². The first-order valence-corrected chi connectivity index (χ1v) is 13.6. The number of ether oxygens (including phenoxy) is 3. The number of carbonyl (C=O) groups excluding carboxylic acids is 2. The summed E-state index contributed by atoms with van der Waals surface area (Å²) in [5.41, 5.74) is 2.31. The highest BCUT2D eigenvalue weighted by atomic mass is 35.5. The van der Waals surface area contributed by atoms with Gasteiger partial charge in [0.1, 0.15) is 28.0 Å². The number of aliphatic hydroxyl groups excluding tert-OH is 1. The number of hydrogen-bond acceptors (Lipinski definition) is 7. The Labute approximate surface area is 243 Å². The SMILES string of the molecule is COc1ccc(Oc2ccc3c(c2)CC(N(CC(O)c2cnc(Cl)c(Cl)c2)C(=O)OC(C)(C)C)CC3)cc1C=O. The molecular weight excluding hydrogens is 555 g/mol. The summed E-state index contributed by atoms with van der Waals surface area (Å²) in [4.78, 5) is 30.4. The monoisotopic (exact) mass is 586 g/mol. The van der Waals surface area contributed by atoms with Crippen molar-refractivity contribution < 1.29 is 28.9 Å². The van der Waals surface area contributed by atoms with Crippen molar-refractivity contribution in [1.82, 2.24) is 9.88 Å². The minimum absolute atomic E-state index is 0.00886. The third-order valence-electron chi connectivity index (χ3n) is 6.58. The quantitative estimate of drug-likeness (QED) is 0.228. The molecule has 1 amide bonds. The summed E-state index contributed by atoms with van der Waals surface area (Å²) in [6, 6.07) is 12.2. The zero-order chi connectivity index (χ0) is 29.0. The molecule has 4 rings (SSSR count). The van der Waals surface area contributed by atoms with Crippen molar-refractivity contribution in [3.63, 3.8) is 0 Å². The standard InChI is InChI=1S/C30H32Cl2N2O6/c1-30(2,3)40-29(37)34(16-26(36)20-14-25(31)28(32)33-15-20)22-7-5-18-6-8-23(12-19(18)11-22)39-24-9-10-27(38-4)21(13-24)17-35/h6,8-10,12-15,17,22,26,36H,5,7,11,16H2,1-4H3. The molecule has 1 N–H and O–H groups in total. The molecule has 1 aliphatic carbocycles. The molecule has 2 aromatic carbocycles. The van der Waals surface area contributed by atoms with Crippen molar-refractivity contribution in [2.24, 2.45) is 0 Å². The van der Waals surface area contributed by atoms with E-state index in [0.717, 1.165) is 23.8 Å². The van der Waals surface area contributed by atoms with Crippen molar-refractivity contribution in [2.45, 2.75) is 57.8 Å². The summed E-state index contributed by atoms with van der Waals surface area (Å²) in [5.74, 6) is 1.58. The molecule has 3 aromatic rings. The predicted molar refractivity (Wildman–Crippen MR) is 153 cm³/mol. The van der Waals surface area contributed by atoms with Crippen molar-refractivity contribution in [1.29, 1.82) is 0 Å². The number of aliphatic hydroxyl groups is 1. The Balaban J connectivity index is 1.56. The van der Waals surface area contributed by atoms with E-state index in [2.05, 4.69) is 4.98 Å². The van der Waals surface area contributed by atoms with Crippen molar-refractivity contribution in [3.05, 3.63) is 81.1 Å². The zero-order valence-electron chi connectivity index (χ0n) is 22.8. The van der Waals surface area contributed by atoms with Gasteiger partial charge >= 0.3 is 6.09 Å². The predicted octanol–water partition coefficient (Wildman–Crippen LogP) is 6.83. The molecule has 0 saturated heterocycles. The number of rotatable bonds is 8. The number of hydrogen-bond donors (Lipinski definition) is 1. The molecule has 8 nitrogen and oxygen atoms in total. The van der Waals surface area contributed by atoms with E-state index in [1.807, 2.05) is 18.2 Å². The number of aryl methyl sites for hydroxylation is 1. The van der Waals surface area contributed by atoms with Crippen LogP contribution in [0.4, 0.5) is 4.79 Å². The lowest BCUT2D eigenvalue weighted by Crippen LogP contribution is -2.47. The molecule has 212 valence electrons. The minimum Gasteiger partial charge on any atom is -0.496 e. The van der Waals surface area contributed by atoms with E-state index in [1.54, 1.807) is 49.9 Å². The van der Waals surface area contributed by atoms with Gasteiger partial charge in [-0.15, -0.1) is 0 Å². The number of carbonyl (C=O) groups is 2. The lowest BCUT2D eigenvalue weighted by molar-refractivity contribution is 0.00191. The molecule has 1 heterocycles. The van der Waals surface area contributed by atoms with Crippen LogP contribution in [-0.2, 0) is 17.6 Å². The second-order valence-corrected chi connectivity index (χ2v) is 11.4. The van der Waals surface area contributed by atoms with Gasteiger partial charge in [0.05, 0.1) is 30.3 Å². The lowest BCUT2D eigenvalue weighted by Gasteiger charge is -2.37. The van der Waals surface area contributed by atoms with Gasteiger partial charge in [-0.25, -0.2) is 9.78 Å². The summed E-state index contributed by atoms with van der Waals surface area (Å²) in [5, 5.41) is 11.4. The molecule has 2 atom stereocenters. The number of aldehydes is 1. The molecule has 1 aromatic heterocycles. The maximum atomic E-state index is 13.3. The maximum Gasteiger partial charge on any atom is 0.410 e. The molecule has 0 bridgehead atoms. The van der Waals surface area contributed by atoms with Crippen molar-refractivity contribution in [3.8, 4) is 17.2 Å². The second-order valence-electron chi connectivity index (χ2n) is 10.6. The fraction of sp³-hybridized carbons (Fsp3) is 0.367. The lowest BCUT2D eigenvalue weighted by atomic mass is 9.87. The molecule has 0 radical (unpaired) electrons. The number of benzene rings is 2. The first kappa shape index (κ1) is 29.6. The Morgan fingerprint density at radius 1 is 1.15 bits per heavy atom. The van der Waals surface area contributed by atoms with Gasteiger partial charge < -0.3 is 24.2 Å². The second kappa shape index (κ2) is 12.5. The van der Waals surface area contributed by atoms with Gasteiger partial charge in [0.15, 0.2) is 6.29 Å². The summed E-state index contributed by atoms with van der Waals surface area (Å²) >= 11 is 12.0. The van der Waals surface area contributed by atoms with E-state index in [4.69, 9.17) is 37.4 Å². The molecule has 0 aliphatic heterocycles. The largest absolute Gasteiger partial charge is 0.496 e.